The number of nitrogens with one attached hydrogen (secondary N) is 1. The second-order valence-electron chi connectivity index (χ2n) is 8.04. The molecule has 0 amide bonds. The van der Waals surface area contributed by atoms with Gasteiger partial charge in [0.2, 0.25) is 0 Å². The van der Waals surface area contributed by atoms with Crippen molar-refractivity contribution in [1.82, 2.24) is 15.1 Å². The molecule has 2 fully saturated rings. The van der Waals surface area contributed by atoms with Crippen molar-refractivity contribution < 1.29 is 4.74 Å². The number of ether oxygens (including phenoxy) is 1. The Kier molecular flexibility index (Phi) is 8.66. The summed E-state index contributed by atoms with van der Waals surface area (Å²) in [5.41, 5.74) is 1.74. The fourth-order valence-corrected chi connectivity index (χ4v) is 4.28. The number of aliphatic imine (C=N–C) groups is 1. The van der Waals surface area contributed by atoms with Crippen molar-refractivity contribution >= 4 is 29.9 Å². The Morgan fingerprint density at radius 3 is 2.67 bits per heavy atom. The first-order valence-electron chi connectivity index (χ1n) is 9.93. The summed E-state index contributed by atoms with van der Waals surface area (Å²) in [6.07, 6.45) is 6.90. The highest BCUT2D eigenvalue weighted by Crippen LogP contribution is 2.45. The minimum absolute atomic E-state index is 0. The highest BCUT2D eigenvalue weighted by Gasteiger charge is 2.41. The third-order valence-corrected chi connectivity index (χ3v) is 5.82. The van der Waals surface area contributed by atoms with Gasteiger partial charge in [-0.2, -0.15) is 0 Å². The molecule has 1 aromatic carbocycles. The molecule has 1 saturated heterocycles. The quantitative estimate of drug-likeness (QED) is 0.379. The van der Waals surface area contributed by atoms with Gasteiger partial charge in [-0.25, -0.2) is 0 Å². The number of rotatable bonds is 6. The molecule has 27 heavy (non-hydrogen) atoms. The normalized spacial score (nSPS) is 18.8. The second-order valence-corrected chi connectivity index (χ2v) is 8.04. The average Bonchev–Trinajstić information content (AvgIpc) is 3.27. The fourth-order valence-electron chi connectivity index (χ4n) is 4.28. The maximum absolute atomic E-state index is 5.98. The molecule has 1 aliphatic heterocycles. The Bertz CT molecular complexity index is 614. The first kappa shape index (κ1) is 22.3. The molecule has 5 nitrogen and oxygen atoms in total. The predicted molar refractivity (Wildman–Crippen MR) is 123 cm³/mol. The number of benzene rings is 1. The Morgan fingerprint density at radius 2 is 1.96 bits per heavy atom. The van der Waals surface area contributed by atoms with Gasteiger partial charge in [-0.3, -0.25) is 4.99 Å². The van der Waals surface area contributed by atoms with Crippen molar-refractivity contribution in [3.8, 4) is 5.75 Å². The number of likely N-dealkylation sites (N-methyl/N-ethyl adjacent to an activating group) is 1. The minimum Gasteiger partial charge on any atom is -0.492 e. The van der Waals surface area contributed by atoms with E-state index in [4.69, 9.17) is 4.74 Å². The van der Waals surface area contributed by atoms with E-state index in [0.29, 0.717) is 12.0 Å². The summed E-state index contributed by atoms with van der Waals surface area (Å²) in [7, 11) is 6.02. The van der Waals surface area contributed by atoms with Gasteiger partial charge in [-0.1, -0.05) is 31.0 Å². The molecule has 0 unspecified atom stereocenters. The van der Waals surface area contributed by atoms with Crippen LogP contribution in [0, 0.1) is 5.41 Å². The second kappa shape index (κ2) is 10.5. The van der Waals surface area contributed by atoms with Crippen LogP contribution in [0.25, 0.3) is 0 Å². The lowest BCUT2D eigenvalue weighted by Crippen LogP contribution is -2.40. The number of hydrogen-bond acceptors (Lipinski definition) is 3. The van der Waals surface area contributed by atoms with E-state index in [0.717, 1.165) is 37.9 Å². The number of halogens is 1. The minimum atomic E-state index is 0. The van der Waals surface area contributed by atoms with Crippen LogP contribution in [0.4, 0.5) is 0 Å². The zero-order valence-corrected chi connectivity index (χ0v) is 19.4. The van der Waals surface area contributed by atoms with Gasteiger partial charge in [0.1, 0.15) is 12.4 Å². The Labute approximate surface area is 181 Å². The molecule has 1 heterocycles. The van der Waals surface area contributed by atoms with Gasteiger partial charge in [0, 0.05) is 38.8 Å². The number of hydrogen-bond donors (Lipinski definition) is 1. The summed E-state index contributed by atoms with van der Waals surface area (Å²) in [5, 5.41) is 3.56. The lowest BCUT2D eigenvalue weighted by molar-refractivity contribution is 0.259. The monoisotopic (exact) mass is 486 g/mol. The average molecular weight is 486 g/mol. The largest absolute Gasteiger partial charge is 0.492 e. The molecule has 1 spiro atoms. The van der Waals surface area contributed by atoms with Crippen LogP contribution in [-0.2, 0) is 6.54 Å². The fraction of sp³-hybridized carbons (Fsp3) is 0.667. The van der Waals surface area contributed by atoms with E-state index in [2.05, 4.69) is 52.4 Å². The molecule has 6 heteroatoms. The first-order valence-corrected chi connectivity index (χ1v) is 9.93. The lowest BCUT2D eigenvalue weighted by Gasteiger charge is -2.26. The summed E-state index contributed by atoms with van der Waals surface area (Å²) in [6.45, 7) is 4.65. The number of para-hydroxylation sites is 1. The molecule has 1 N–H and O–H groups in total. The van der Waals surface area contributed by atoms with Gasteiger partial charge in [0.15, 0.2) is 5.96 Å². The predicted octanol–water partition coefficient (Wildman–Crippen LogP) is 3.59. The molecule has 1 aliphatic carbocycles. The highest BCUT2D eigenvalue weighted by molar-refractivity contribution is 14.0. The highest BCUT2D eigenvalue weighted by atomic mass is 127. The summed E-state index contributed by atoms with van der Waals surface area (Å²) in [4.78, 5) is 9.12. The van der Waals surface area contributed by atoms with E-state index in [-0.39, 0.29) is 24.0 Å². The van der Waals surface area contributed by atoms with Crippen molar-refractivity contribution in [2.45, 2.75) is 38.6 Å². The zero-order valence-electron chi connectivity index (χ0n) is 17.0. The van der Waals surface area contributed by atoms with Crippen LogP contribution in [0.3, 0.4) is 0 Å². The van der Waals surface area contributed by atoms with Crippen LogP contribution >= 0.6 is 24.0 Å². The van der Waals surface area contributed by atoms with Crippen molar-refractivity contribution in [2.24, 2.45) is 10.4 Å². The molecule has 0 atom stereocenters. The third kappa shape index (κ3) is 5.98. The maximum atomic E-state index is 5.98. The SMILES string of the molecule is CN=C(NCc1ccccc1OCCN(C)C)N1CCC2(CCCC2)C1.I. The Morgan fingerprint density at radius 1 is 1.22 bits per heavy atom. The Hall–Kier alpha value is -1.02. The molecule has 0 bridgehead atoms. The van der Waals surface area contributed by atoms with E-state index < -0.39 is 0 Å². The van der Waals surface area contributed by atoms with Crippen LogP contribution in [-0.4, -0.2) is 63.1 Å². The molecular formula is C21H35IN4O. The summed E-state index contributed by atoms with van der Waals surface area (Å²) >= 11 is 0. The van der Waals surface area contributed by atoms with Gasteiger partial charge in [0.25, 0.3) is 0 Å². The van der Waals surface area contributed by atoms with Crippen LogP contribution in [0.1, 0.15) is 37.7 Å². The van der Waals surface area contributed by atoms with Crippen molar-refractivity contribution in [3.05, 3.63) is 29.8 Å². The molecule has 2 aliphatic rings. The first-order chi connectivity index (χ1) is 12.6. The van der Waals surface area contributed by atoms with Crippen molar-refractivity contribution in [2.75, 3.05) is 47.4 Å². The smallest absolute Gasteiger partial charge is 0.193 e. The van der Waals surface area contributed by atoms with Gasteiger partial charge < -0.3 is 19.9 Å². The van der Waals surface area contributed by atoms with E-state index in [1.165, 1.54) is 37.7 Å². The summed E-state index contributed by atoms with van der Waals surface area (Å²) < 4.78 is 5.98. The molecule has 0 radical (unpaired) electrons. The molecule has 152 valence electrons. The zero-order chi connectivity index (χ0) is 18.4. The topological polar surface area (TPSA) is 40.1 Å². The molecule has 3 rings (SSSR count). The van der Waals surface area contributed by atoms with Crippen LogP contribution in [0.15, 0.2) is 29.3 Å². The van der Waals surface area contributed by atoms with Crippen LogP contribution in [0.5, 0.6) is 5.75 Å². The van der Waals surface area contributed by atoms with E-state index in [1.807, 2.05) is 13.1 Å². The number of guanidine groups is 1. The molecular weight excluding hydrogens is 451 g/mol. The lowest BCUT2D eigenvalue weighted by atomic mass is 9.86. The third-order valence-electron chi connectivity index (χ3n) is 5.82. The van der Waals surface area contributed by atoms with Gasteiger partial charge in [0.05, 0.1) is 0 Å². The van der Waals surface area contributed by atoms with Crippen LogP contribution < -0.4 is 10.1 Å². The Balaban J connectivity index is 0.00000261. The summed E-state index contributed by atoms with van der Waals surface area (Å²) in [6, 6.07) is 8.29. The van der Waals surface area contributed by atoms with Crippen LogP contribution in [0.2, 0.25) is 0 Å². The molecule has 1 saturated carbocycles. The van der Waals surface area contributed by atoms with E-state index >= 15 is 0 Å². The summed E-state index contributed by atoms with van der Waals surface area (Å²) in [5.74, 6) is 1.99. The maximum Gasteiger partial charge on any atom is 0.193 e. The molecule has 1 aromatic rings. The standard InChI is InChI=1S/C21H34N4O.HI/c1-22-20(25-13-12-21(17-25)10-6-7-11-21)23-16-18-8-4-5-9-19(18)26-15-14-24(2)3;/h4-5,8-9H,6-7,10-17H2,1-3H3,(H,22,23);1H. The van der Waals surface area contributed by atoms with Gasteiger partial charge >= 0.3 is 0 Å². The van der Waals surface area contributed by atoms with Crippen molar-refractivity contribution in [1.29, 1.82) is 0 Å². The number of likely N-dealkylation sites (tertiary alicyclic amines) is 1. The van der Waals surface area contributed by atoms with Crippen molar-refractivity contribution in [3.63, 3.8) is 0 Å². The number of nitrogens with zero attached hydrogens (tertiary/aromatic N) is 3. The molecule has 0 aromatic heterocycles. The van der Waals surface area contributed by atoms with Gasteiger partial charge in [-0.15, -0.1) is 24.0 Å². The van der Waals surface area contributed by atoms with E-state index in [1.54, 1.807) is 0 Å². The van der Waals surface area contributed by atoms with Gasteiger partial charge in [-0.05, 0) is 44.8 Å². The van der Waals surface area contributed by atoms with E-state index in [9.17, 15) is 0 Å².